The van der Waals surface area contributed by atoms with Crippen molar-refractivity contribution in [3.8, 4) is 0 Å². The summed E-state index contributed by atoms with van der Waals surface area (Å²) in [5.74, 6) is 0. The fourth-order valence-corrected chi connectivity index (χ4v) is 2.21. The molecule has 19 heavy (non-hydrogen) atoms. The highest BCUT2D eigenvalue weighted by atomic mass is 15.1. The maximum absolute atomic E-state index is 4.27. The standard InChI is InChI=1S/C16H21N3/c1-4-19(15-7-5-13(2)6-8-15)16-12-18-10-9-14(16)11-17-3/h5-10,12,17H,4,11H2,1-3H3. The number of anilines is 2. The van der Waals surface area contributed by atoms with Crippen molar-refractivity contribution in [1.29, 1.82) is 0 Å². The predicted molar refractivity (Wildman–Crippen MR) is 80.9 cm³/mol. The number of hydrogen-bond acceptors (Lipinski definition) is 3. The molecule has 3 nitrogen and oxygen atoms in total. The zero-order valence-electron chi connectivity index (χ0n) is 11.9. The van der Waals surface area contributed by atoms with Crippen molar-refractivity contribution in [1.82, 2.24) is 10.3 Å². The molecule has 0 unspecified atom stereocenters. The second kappa shape index (κ2) is 6.34. The van der Waals surface area contributed by atoms with Crippen molar-refractivity contribution in [2.75, 3.05) is 18.5 Å². The first-order chi connectivity index (χ1) is 9.26. The summed E-state index contributed by atoms with van der Waals surface area (Å²) in [5, 5.41) is 3.21. The van der Waals surface area contributed by atoms with Crippen LogP contribution < -0.4 is 10.2 Å². The van der Waals surface area contributed by atoms with Gasteiger partial charge in [0.05, 0.1) is 11.9 Å². The molecule has 1 aromatic carbocycles. The highest BCUT2D eigenvalue weighted by Gasteiger charge is 2.11. The van der Waals surface area contributed by atoms with Gasteiger partial charge in [-0.05, 0) is 44.7 Å². The molecule has 100 valence electrons. The molecule has 2 aromatic rings. The van der Waals surface area contributed by atoms with Crippen LogP contribution in [0.2, 0.25) is 0 Å². The largest absolute Gasteiger partial charge is 0.340 e. The summed E-state index contributed by atoms with van der Waals surface area (Å²) >= 11 is 0. The smallest absolute Gasteiger partial charge is 0.0642 e. The van der Waals surface area contributed by atoms with Gasteiger partial charge < -0.3 is 10.2 Å². The van der Waals surface area contributed by atoms with Crippen LogP contribution in [-0.2, 0) is 6.54 Å². The molecule has 1 N–H and O–H groups in total. The topological polar surface area (TPSA) is 28.2 Å². The van der Waals surface area contributed by atoms with E-state index in [9.17, 15) is 0 Å². The maximum atomic E-state index is 4.27. The summed E-state index contributed by atoms with van der Waals surface area (Å²) in [6.45, 7) is 6.04. The fourth-order valence-electron chi connectivity index (χ4n) is 2.21. The average molecular weight is 255 g/mol. The molecular formula is C16H21N3. The lowest BCUT2D eigenvalue weighted by atomic mass is 10.1. The van der Waals surface area contributed by atoms with Gasteiger partial charge in [0.25, 0.3) is 0 Å². The third kappa shape index (κ3) is 3.12. The van der Waals surface area contributed by atoms with E-state index in [2.05, 4.69) is 59.4 Å². The molecule has 0 saturated heterocycles. The van der Waals surface area contributed by atoms with Crippen LogP contribution in [0, 0.1) is 6.92 Å². The first-order valence-corrected chi connectivity index (χ1v) is 6.68. The number of nitrogens with one attached hydrogen (secondary N) is 1. The van der Waals surface area contributed by atoms with Gasteiger partial charge in [-0.15, -0.1) is 0 Å². The summed E-state index contributed by atoms with van der Waals surface area (Å²) in [5.41, 5.74) is 4.92. The molecule has 0 atom stereocenters. The van der Waals surface area contributed by atoms with E-state index in [1.807, 2.05) is 19.4 Å². The van der Waals surface area contributed by atoms with Crippen LogP contribution in [0.4, 0.5) is 11.4 Å². The summed E-state index contributed by atoms with van der Waals surface area (Å²) < 4.78 is 0. The number of aryl methyl sites for hydroxylation is 1. The van der Waals surface area contributed by atoms with E-state index in [1.165, 1.54) is 22.5 Å². The number of rotatable bonds is 5. The zero-order chi connectivity index (χ0) is 13.7. The van der Waals surface area contributed by atoms with Gasteiger partial charge in [-0.25, -0.2) is 0 Å². The van der Waals surface area contributed by atoms with Gasteiger partial charge >= 0.3 is 0 Å². The molecular weight excluding hydrogens is 234 g/mol. The Bertz CT molecular complexity index is 520. The summed E-state index contributed by atoms with van der Waals surface area (Å²) in [6, 6.07) is 10.7. The molecule has 0 aliphatic carbocycles. The minimum atomic E-state index is 0.847. The van der Waals surface area contributed by atoms with Crippen molar-refractivity contribution in [2.45, 2.75) is 20.4 Å². The molecule has 0 amide bonds. The Morgan fingerprint density at radius 3 is 2.53 bits per heavy atom. The Labute approximate surface area is 115 Å². The fraction of sp³-hybridized carbons (Fsp3) is 0.312. The maximum Gasteiger partial charge on any atom is 0.0642 e. The van der Waals surface area contributed by atoms with E-state index >= 15 is 0 Å². The lowest BCUT2D eigenvalue weighted by molar-refractivity contribution is 0.810. The van der Waals surface area contributed by atoms with Crippen molar-refractivity contribution in [2.24, 2.45) is 0 Å². The number of aromatic nitrogens is 1. The molecule has 0 spiro atoms. The molecule has 0 aliphatic rings. The Kier molecular flexibility index (Phi) is 4.53. The summed E-state index contributed by atoms with van der Waals surface area (Å²) in [6.07, 6.45) is 3.79. The number of benzene rings is 1. The van der Waals surface area contributed by atoms with E-state index in [-0.39, 0.29) is 0 Å². The van der Waals surface area contributed by atoms with E-state index in [0.29, 0.717) is 0 Å². The van der Waals surface area contributed by atoms with Crippen LogP contribution in [0.25, 0.3) is 0 Å². The predicted octanol–water partition coefficient (Wildman–Crippen LogP) is 3.27. The molecule has 0 aliphatic heterocycles. The van der Waals surface area contributed by atoms with Crippen LogP contribution in [0.1, 0.15) is 18.1 Å². The van der Waals surface area contributed by atoms with Gasteiger partial charge in [0.2, 0.25) is 0 Å². The molecule has 0 radical (unpaired) electrons. The molecule has 0 saturated carbocycles. The van der Waals surface area contributed by atoms with Crippen molar-refractivity contribution >= 4 is 11.4 Å². The van der Waals surface area contributed by atoms with Gasteiger partial charge in [-0.2, -0.15) is 0 Å². The molecule has 2 rings (SSSR count). The average Bonchev–Trinajstić information content (AvgIpc) is 2.44. The first-order valence-electron chi connectivity index (χ1n) is 6.68. The Morgan fingerprint density at radius 2 is 1.89 bits per heavy atom. The van der Waals surface area contributed by atoms with Crippen LogP contribution >= 0.6 is 0 Å². The van der Waals surface area contributed by atoms with E-state index in [0.717, 1.165) is 13.1 Å². The number of nitrogens with zero attached hydrogens (tertiary/aromatic N) is 2. The summed E-state index contributed by atoms with van der Waals surface area (Å²) in [7, 11) is 1.96. The SMILES string of the molecule is CCN(c1ccc(C)cc1)c1cnccc1CNC. The Hall–Kier alpha value is -1.87. The van der Waals surface area contributed by atoms with Crippen LogP contribution in [-0.4, -0.2) is 18.6 Å². The minimum absolute atomic E-state index is 0.847. The Balaban J connectivity index is 2.39. The van der Waals surface area contributed by atoms with Crippen LogP contribution in [0.5, 0.6) is 0 Å². The normalized spacial score (nSPS) is 10.5. The monoisotopic (exact) mass is 255 g/mol. The molecule has 1 aromatic heterocycles. The third-order valence-corrected chi connectivity index (χ3v) is 3.21. The molecule has 1 heterocycles. The van der Waals surface area contributed by atoms with Crippen LogP contribution in [0.3, 0.4) is 0 Å². The van der Waals surface area contributed by atoms with Gasteiger partial charge in [-0.3, -0.25) is 4.98 Å². The van der Waals surface area contributed by atoms with Crippen molar-refractivity contribution < 1.29 is 0 Å². The lowest BCUT2D eigenvalue weighted by Crippen LogP contribution is -2.19. The Morgan fingerprint density at radius 1 is 1.16 bits per heavy atom. The molecule has 3 heteroatoms. The first kappa shape index (κ1) is 13.6. The highest BCUT2D eigenvalue weighted by molar-refractivity contribution is 5.65. The number of pyridine rings is 1. The molecule has 0 bridgehead atoms. The van der Waals surface area contributed by atoms with Gasteiger partial charge in [0.15, 0.2) is 0 Å². The van der Waals surface area contributed by atoms with Crippen LogP contribution in [0.15, 0.2) is 42.7 Å². The lowest BCUT2D eigenvalue weighted by Gasteiger charge is -2.25. The minimum Gasteiger partial charge on any atom is -0.340 e. The van der Waals surface area contributed by atoms with Crippen molar-refractivity contribution in [3.05, 3.63) is 53.9 Å². The highest BCUT2D eigenvalue weighted by Crippen LogP contribution is 2.27. The van der Waals surface area contributed by atoms with E-state index in [1.54, 1.807) is 0 Å². The molecule has 0 fully saturated rings. The van der Waals surface area contributed by atoms with E-state index in [4.69, 9.17) is 0 Å². The quantitative estimate of drug-likeness (QED) is 0.888. The van der Waals surface area contributed by atoms with Gasteiger partial charge in [0.1, 0.15) is 0 Å². The van der Waals surface area contributed by atoms with Gasteiger partial charge in [-0.1, -0.05) is 17.7 Å². The van der Waals surface area contributed by atoms with Gasteiger partial charge in [0, 0.05) is 25.0 Å². The second-order valence-corrected chi connectivity index (χ2v) is 4.61. The summed E-state index contributed by atoms with van der Waals surface area (Å²) in [4.78, 5) is 6.56. The third-order valence-electron chi connectivity index (χ3n) is 3.21. The van der Waals surface area contributed by atoms with Crippen molar-refractivity contribution in [3.63, 3.8) is 0 Å². The number of hydrogen-bond donors (Lipinski definition) is 1. The van der Waals surface area contributed by atoms with E-state index < -0.39 is 0 Å². The zero-order valence-corrected chi connectivity index (χ0v) is 11.9. The second-order valence-electron chi connectivity index (χ2n) is 4.61.